The van der Waals surface area contributed by atoms with Crippen LogP contribution in [0.2, 0.25) is 0 Å². The highest BCUT2D eigenvalue weighted by molar-refractivity contribution is 8.14. The number of carbonyl (C=O) groups excluding carboxylic acids is 1. The molecule has 0 spiro atoms. The predicted octanol–water partition coefficient (Wildman–Crippen LogP) is 7.97. The maximum Gasteiger partial charge on any atom is 0.573 e. The van der Waals surface area contributed by atoms with Gasteiger partial charge in [0.15, 0.2) is 11.0 Å². The van der Waals surface area contributed by atoms with Crippen molar-refractivity contribution in [3.8, 4) is 28.9 Å². The lowest BCUT2D eigenvalue weighted by molar-refractivity contribution is -0.274. The quantitative estimate of drug-likeness (QED) is 0.204. The van der Waals surface area contributed by atoms with Gasteiger partial charge in [-0.25, -0.2) is 14.5 Å². The monoisotopic (exact) mass is 661 g/mol. The minimum Gasteiger partial charge on any atom is -0.406 e. The van der Waals surface area contributed by atoms with Gasteiger partial charge in [0.2, 0.25) is 0 Å². The molecular formula is C34H34F3N7O2S. The van der Waals surface area contributed by atoms with Crippen LogP contribution >= 0.6 is 11.8 Å². The molecule has 47 heavy (non-hydrogen) atoms. The van der Waals surface area contributed by atoms with Gasteiger partial charge in [-0.05, 0) is 73.2 Å². The second-order valence-corrected chi connectivity index (χ2v) is 12.5. The Kier molecular flexibility index (Phi) is 10.2. The summed E-state index contributed by atoms with van der Waals surface area (Å²) in [6, 6.07) is 20.5. The highest BCUT2D eigenvalue weighted by Gasteiger charge is 2.31. The molecule has 1 saturated heterocycles. The second-order valence-electron chi connectivity index (χ2n) is 11.5. The Labute approximate surface area is 275 Å². The van der Waals surface area contributed by atoms with Crippen LogP contribution in [0.4, 0.5) is 23.7 Å². The summed E-state index contributed by atoms with van der Waals surface area (Å²) in [6.07, 6.45) is -2.35. The predicted molar refractivity (Wildman–Crippen MR) is 177 cm³/mol. The number of alkyl halides is 3. The van der Waals surface area contributed by atoms with Gasteiger partial charge in [0, 0.05) is 29.6 Å². The van der Waals surface area contributed by atoms with Crippen LogP contribution in [-0.2, 0) is 0 Å². The van der Waals surface area contributed by atoms with E-state index < -0.39 is 18.3 Å². The summed E-state index contributed by atoms with van der Waals surface area (Å²) in [5, 5.41) is 17.8. The van der Waals surface area contributed by atoms with Crippen LogP contribution in [-0.4, -0.2) is 50.7 Å². The fraction of sp³-hybridized carbons (Fsp3) is 0.324. The van der Waals surface area contributed by atoms with E-state index >= 15 is 0 Å². The Morgan fingerprint density at radius 1 is 1.15 bits per heavy atom. The number of benzene rings is 3. The Bertz CT molecular complexity index is 1780. The number of nitrogens with zero attached hydrogens (tertiary/aromatic N) is 6. The SMILES string of the molecule is Cc1cccc(N2/C(=N/C(=O)NCC(C#N)c3ccc(-c4ncn(-c5ccc(OC(F)(F)F)cc5)n4)cc3)SCCC2C)c1C(C)C. The van der Waals surface area contributed by atoms with Gasteiger partial charge in [-0.15, -0.1) is 18.3 Å². The summed E-state index contributed by atoms with van der Waals surface area (Å²) >= 11 is 1.55. The van der Waals surface area contributed by atoms with Crippen LogP contribution in [0.25, 0.3) is 17.1 Å². The van der Waals surface area contributed by atoms with Gasteiger partial charge >= 0.3 is 12.4 Å². The standard InChI is InChI=1S/C34H34F3N7O2S/c1-21(2)30-22(3)6-5-7-29(30)44-23(4)16-17-47-33(44)41-32(45)39-19-26(18-38)24-8-10-25(11-9-24)31-40-20-43(42-31)27-12-14-28(15-13-27)46-34(35,36)37/h5-15,20-21,23,26H,16-17,19H2,1-4H3,(H,39,45)/b41-33-. The van der Waals surface area contributed by atoms with E-state index in [9.17, 15) is 23.2 Å². The molecule has 5 rings (SSSR count). The number of nitrogens with one attached hydrogen (secondary N) is 1. The normalized spacial score (nSPS) is 16.6. The van der Waals surface area contributed by atoms with E-state index in [1.165, 1.54) is 46.4 Å². The Hall–Kier alpha value is -4.83. The average Bonchev–Trinajstić information content (AvgIpc) is 3.52. The van der Waals surface area contributed by atoms with Crippen molar-refractivity contribution in [2.75, 3.05) is 17.2 Å². The molecule has 4 aromatic rings. The number of carbonyl (C=O) groups is 1. The zero-order valence-corrected chi connectivity index (χ0v) is 27.1. The molecule has 2 unspecified atom stereocenters. The van der Waals surface area contributed by atoms with Crippen LogP contribution in [0.15, 0.2) is 78.0 Å². The van der Waals surface area contributed by atoms with Crippen LogP contribution < -0.4 is 15.0 Å². The summed E-state index contributed by atoms with van der Waals surface area (Å²) in [5.74, 6) is 0.602. The van der Waals surface area contributed by atoms with Crippen molar-refractivity contribution in [1.82, 2.24) is 20.1 Å². The number of hydrogen-bond donors (Lipinski definition) is 1. The Balaban J connectivity index is 1.24. The molecule has 1 aliphatic rings. The minimum absolute atomic E-state index is 0.0777. The minimum atomic E-state index is -4.77. The molecular weight excluding hydrogens is 627 g/mol. The highest BCUT2D eigenvalue weighted by atomic mass is 32.2. The van der Waals surface area contributed by atoms with E-state index in [2.05, 4.69) is 75.9 Å². The van der Waals surface area contributed by atoms with Crippen LogP contribution in [0, 0.1) is 18.3 Å². The van der Waals surface area contributed by atoms with E-state index in [0.29, 0.717) is 33.7 Å². The maximum atomic E-state index is 13.0. The first-order chi connectivity index (χ1) is 22.4. The molecule has 9 nitrogen and oxygen atoms in total. The van der Waals surface area contributed by atoms with E-state index in [4.69, 9.17) is 0 Å². The molecule has 2 amide bonds. The van der Waals surface area contributed by atoms with Crippen molar-refractivity contribution < 1.29 is 22.7 Å². The third-order valence-corrected chi connectivity index (χ3v) is 8.75. The smallest absolute Gasteiger partial charge is 0.406 e. The molecule has 0 radical (unpaired) electrons. The van der Waals surface area contributed by atoms with Crippen molar-refractivity contribution in [2.45, 2.75) is 58.4 Å². The van der Waals surface area contributed by atoms with Crippen molar-refractivity contribution in [3.05, 3.63) is 89.7 Å². The highest BCUT2D eigenvalue weighted by Crippen LogP contribution is 2.36. The number of ether oxygens (including phenoxy) is 1. The third kappa shape index (κ3) is 8.13. The molecule has 3 aromatic carbocycles. The van der Waals surface area contributed by atoms with Crippen LogP contribution in [0.1, 0.15) is 55.7 Å². The molecule has 1 aliphatic heterocycles. The second kappa shape index (κ2) is 14.3. The fourth-order valence-corrected chi connectivity index (χ4v) is 6.71. The Morgan fingerprint density at radius 2 is 1.87 bits per heavy atom. The number of amidine groups is 1. The molecule has 0 saturated carbocycles. The molecule has 1 N–H and O–H groups in total. The fourth-order valence-electron chi connectivity index (χ4n) is 5.50. The van der Waals surface area contributed by atoms with E-state index in [-0.39, 0.29) is 18.3 Å². The molecule has 1 aromatic heterocycles. The lowest BCUT2D eigenvalue weighted by atomic mass is 9.95. The zero-order valence-electron chi connectivity index (χ0n) is 26.3. The van der Waals surface area contributed by atoms with Gasteiger partial charge in [0.25, 0.3) is 0 Å². The number of hydrogen-bond acceptors (Lipinski definition) is 6. The van der Waals surface area contributed by atoms with Crippen LogP contribution in [0.3, 0.4) is 0 Å². The number of urea groups is 1. The molecule has 2 atom stereocenters. The number of thioether (sulfide) groups is 1. The summed E-state index contributed by atoms with van der Waals surface area (Å²) in [4.78, 5) is 24.0. The zero-order chi connectivity index (χ0) is 33.7. The molecule has 2 heterocycles. The van der Waals surface area contributed by atoms with Gasteiger partial charge in [-0.2, -0.15) is 10.3 Å². The Morgan fingerprint density at radius 3 is 2.53 bits per heavy atom. The largest absolute Gasteiger partial charge is 0.573 e. The number of amides is 2. The van der Waals surface area contributed by atoms with Gasteiger partial charge in [0.1, 0.15) is 12.1 Å². The number of aryl methyl sites for hydroxylation is 1. The summed E-state index contributed by atoms with van der Waals surface area (Å²) in [6.45, 7) is 8.65. The third-order valence-electron chi connectivity index (χ3n) is 7.76. The first-order valence-corrected chi connectivity index (χ1v) is 16.1. The summed E-state index contributed by atoms with van der Waals surface area (Å²) in [5.41, 5.74) is 5.38. The molecule has 244 valence electrons. The maximum absolute atomic E-state index is 13.0. The van der Waals surface area contributed by atoms with Gasteiger partial charge in [0.05, 0.1) is 17.7 Å². The number of nitriles is 1. The lowest BCUT2D eigenvalue weighted by Crippen LogP contribution is -2.43. The van der Waals surface area contributed by atoms with Crippen LogP contribution in [0.5, 0.6) is 5.75 Å². The van der Waals surface area contributed by atoms with Crippen molar-refractivity contribution in [2.24, 2.45) is 4.99 Å². The van der Waals surface area contributed by atoms with E-state index in [1.54, 1.807) is 36.0 Å². The molecule has 0 bridgehead atoms. The summed E-state index contributed by atoms with van der Waals surface area (Å²) < 4.78 is 42.7. The summed E-state index contributed by atoms with van der Waals surface area (Å²) in [7, 11) is 0. The lowest BCUT2D eigenvalue weighted by Gasteiger charge is -2.37. The number of halogens is 3. The molecule has 13 heteroatoms. The van der Waals surface area contributed by atoms with Gasteiger partial charge in [-0.3, -0.25) is 0 Å². The van der Waals surface area contributed by atoms with Gasteiger partial charge in [-0.1, -0.05) is 62.0 Å². The van der Waals surface area contributed by atoms with Gasteiger partial charge < -0.3 is 15.0 Å². The number of aromatic nitrogens is 3. The number of rotatable bonds is 8. The van der Waals surface area contributed by atoms with E-state index in [0.717, 1.165) is 17.9 Å². The number of aliphatic imine (C=N–C) groups is 1. The number of anilines is 1. The average molecular weight is 662 g/mol. The van der Waals surface area contributed by atoms with Crippen molar-refractivity contribution >= 4 is 28.6 Å². The first kappa shape index (κ1) is 33.5. The molecule has 1 fully saturated rings. The van der Waals surface area contributed by atoms with Crippen molar-refractivity contribution in [3.63, 3.8) is 0 Å². The van der Waals surface area contributed by atoms with E-state index in [1.807, 2.05) is 6.07 Å². The molecule has 0 aliphatic carbocycles. The topological polar surface area (TPSA) is 108 Å². The van der Waals surface area contributed by atoms with Crippen molar-refractivity contribution in [1.29, 1.82) is 5.26 Å². The first-order valence-electron chi connectivity index (χ1n) is 15.1.